The minimum atomic E-state index is -1.12. The second-order valence-electron chi connectivity index (χ2n) is 3.39. The van der Waals surface area contributed by atoms with Gasteiger partial charge in [0.25, 0.3) is 0 Å². The van der Waals surface area contributed by atoms with Crippen molar-refractivity contribution in [3.63, 3.8) is 0 Å². The molecule has 15 heavy (non-hydrogen) atoms. The maximum absolute atomic E-state index is 11.6. The van der Waals surface area contributed by atoms with Crippen LogP contribution in [0.1, 0.15) is 22.3 Å². The number of hydrogen-bond acceptors (Lipinski definition) is 3. The van der Waals surface area contributed by atoms with E-state index in [9.17, 15) is 9.59 Å². The Morgan fingerprint density at radius 3 is 2.93 bits per heavy atom. The first-order valence-corrected chi connectivity index (χ1v) is 4.68. The minimum Gasteiger partial charge on any atom is -0.492 e. The van der Waals surface area contributed by atoms with E-state index in [0.29, 0.717) is 17.9 Å². The van der Waals surface area contributed by atoms with Crippen LogP contribution in [0.2, 0.25) is 0 Å². The first kappa shape index (κ1) is 9.71. The van der Waals surface area contributed by atoms with Crippen LogP contribution in [-0.2, 0) is 11.2 Å². The van der Waals surface area contributed by atoms with Crippen molar-refractivity contribution in [1.29, 1.82) is 0 Å². The SMILES string of the molecule is O=C(O)CC(=O)c1cccc2c1OCC2. The molecular formula is C11H10O4. The molecular weight excluding hydrogens is 196 g/mol. The highest BCUT2D eigenvalue weighted by molar-refractivity contribution is 6.07. The van der Waals surface area contributed by atoms with Gasteiger partial charge in [0.2, 0.25) is 0 Å². The van der Waals surface area contributed by atoms with Crippen LogP contribution in [0.25, 0.3) is 0 Å². The molecule has 0 atom stereocenters. The Bertz CT molecular complexity index is 423. The smallest absolute Gasteiger partial charge is 0.311 e. The predicted molar refractivity (Wildman–Crippen MR) is 52.2 cm³/mol. The zero-order chi connectivity index (χ0) is 10.8. The Morgan fingerprint density at radius 1 is 1.40 bits per heavy atom. The summed E-state index contributed by atoms with van der Waals surface area (Å²) in [7, 11) is 0. The average molecular weight is 206 g/mol. The summed E-state index contributed by atoms with van der Waals surface area (Å²) in [5, 5.41) is 8.53. The lowest BCUT2D eigenvalue weighted by molar-refractivity contribution is -0.135. The number of benzene rings is 1. The number of carboxylic acid groups (broad SMARTS) is 1. The summed E-state index contributed by atoms with van der Waals surface area (Å²) < 4.78 is 5.32. The van der Waals surface area contributed by atoms with Gasteiger partial charge in [0.05, 0.1) is 12.2 Å². The first-order valence-electron chi connectivity index (χ1n) is 4.68. The molecule has 1 aliphatic heterocycles. The molecule has 4 heteroatoms. The number of aliphatic carboxylic acids is 1. The van der Waals surface area contributed by atoms with Gasteiger partial charge < -0.3 is 9.84 Å². The Balaban J connectivity index is 2.33. The van der Waals surface area contributed by atoms with Crippen LogP contribution < -0.4 is 4.74 Å². The van der Waals surface area contributed by atoms with Crippen molar-refractivity contribution in [2.75, 3.05) is 6.61 Å². The number of rotatable bonds is 3. The fourth-order valence-electron chi connectivity index (χ4n) is 1.67. The molecule has 0 aromatic heterocycles. The molecule has 0 amide bonds. The lowest BCUT2D eigenvalue weighted by atomic mass is 10.0. The van der Waals surface area contributed by atoms with Gasteiger partial charge in [0.1, 0.15) is 12.2 Å². The maximum Gasteiger partial charge on any atom is 0.311 e. The molecule has 0 saturated carbocycles. The summed E-state index contributed by atoms with van der Waals surface area (Å²) in [6.07, 6.45) is 0.295. The van der Waals surface area contributed by atoms with Gasteiger partial charge in [-0.3, -0.25) is 9.59 Å². The molecule has 1 aromatic rings. The van der Waals surface area contributed by atoms with Crippen molar-refractivity contribution in [3.8, 4) is 5.75 Å². The molecule has 2 rings (SSSR count). The summed E-state index contributed by atoms with van der Waals surface area (Å²) in [5.41, 5.74) is 1.36. The lowest BCUT2D eigenvalue weighted by Crippen LogP contribution is -2.08. The largest absolute Gasteiger partial charge is 0.492 e. The fourth-order valence-corrected chi connectivity index (χ4v) is 1.67. The number of carboxylic acids is 1. The molecule has 4 nitrogen and oxygen atoms in total. The normalized spacial score (nSPS) is 13.1. The van der Waals surface area contributed by atoms with E-state index in [1.54, 1.807) is 12.1 Å². The second-order valence-corrected chi connectivity index (χ2v) is 3.39. The highest BCUT2D eigenvalue weighted by Crippen LogP contribution is 2.30. The summed E-state index contributed by atoms with van der Waals surface area (Å²) in [4.78, 5) is 22.0. The third-order valence-electron chi connectivity index (χ3n) is 2.33. The maximum atomic E-state index is 11.6. The number of carbonyl (C=O) groups excluding carboxylic acids is 1. The summed E-state index contributed by atoms with van der Waals surface area (Å²) >= 11 is 0. The van der Waals surface area contributed by atoms with E-state index in [4.69, 9.17) is 9.84 Å². The van der Waals surface area contributed by atoms with Crippen LogP contribution in [0.4, 0.5) is 0 Å². The minimum absolute atomic E-state index is 0.382. The quantitative estimate of drug-likeness (QED) is 0.597. The van der Waals surface area contributed by atoms with Crippen LogP contribution in [-0.4, -0.2) is 23.5 Å². The zero-order valence-corrected chi connectivity index (χ0v) is 8.03. The van der Waals surface area contributed by atoms with Gasteiger partial charge in [0.15, 0.2) is 5.78 Å². The van der Waals surface area contributed by atoms with E-state index in [0.717, 1.165) is 12.0 Å². The molecule has 1 aromatic carbocycles. The zero-order valence-electron chi connectivity index (χ0n) is 8.03. The molecule has 1 N–H and O–H groups in total. The second kappa shape index (κ2) is 3.73. The molecule has 0 unspecified atom stereocenters. The molecule has 78 valence electrons. The first-order chi connectivity index (χ1) is 7.18. The summed E-state index contributed by atoms with van der Waals surface area (Å²) in [6, 6.07) is 5.25. The van der Waals surface area contributed by atoms with Gasteiger partial charge in [-0.2, -0.15) is 0 Å². The third kappa shape index (κ3) is 1.83. The Kier molecular flexibility index (Phi) is 2.41. The molecule has 0 radical (unpaired) electrons. The number of ether oxygens (including phenoxy) is 1. The average Bonchev–Trinajstić information content (AvgIpc) is 2.63. The highest BCUT2D eigenvalue weighted by atomic mass is 16.5. The van der Waals surface area contributed by atoms with E-state index in [-0.39, 0.29) is 0 Å². The van der Waals surface area contributed by atoms with Crippen molar-refractivity contribution >= 4 is 11.8 Å². The molecule has 0 spiro atoms. The summed E-state index contributed by atoms with van der Waals surface area (Å²) in [6.45, 7) is 0.562. The summed E-state index contributed by atoms with van der Waals surface area (Å²) in [5.74, 6) is -0.958. The van der Waals surface area contributed by atoms with Crippen molar-refractivity contribution in [2.45, 2.75) is 12.8 Å². The predicted octanol–water partition coefficient (Wildman–Crippen LogP) is 1.28. The van der Waals surface area contributed by atoms with Crippen LogP contribution in [0.15, 0.2) is 18.2 Å². The van der Waals surface area contributed by atoms with Crippen LogP contribution in [0.3, 0.4) is 0 Å². The molecule has 0 bridgehead atoms. The van der Waals surface area contributed by atoms with Gasteiger partial charge >= 0.3 is 5.97 Å². The standard InChI is InChI=1S/C11H10O4/c12-9(6-10(13)14)8-3-1-2-7-4-5-15-11(7)8/h1-3H,4-6H2,(H,13,14). The van der Waals surface area contributed by atoms with Gasteiger partial charge in [-0.05, 0) is 11.6 Å². The van der Waals surface area contributed by atoms with Crippen molar-refractivity contribution < 1.29 is 19.4 Å². The lowest BCUT2D eigenvalue weighted by Gasteiger charge is -2.05. The number of para-hydroxylation sites is 1. The topological polar surface area (TPSA) is 63.6 Å². The van der Waals surface area contributed by atoms with Crippen molar-refractivity contribution in [2.24, 2.45) is 0 Å². The molecule has 0 aliphatic carbocycles. The van der Waals surface area contributed by atoms with E-state index < -0.39 is 18.2 Å². The van der Waals surface area contributed by atoms with Crippen LogP contribution in [0.5, 0.6) is 5.75 Å². The van der Waals surface area contributed by atoms with Gasteiger partial charge in [0, 0.05) is 6.42 Å². The highest BCUT2D eigenvalue weighted by Gasteiger charge is 2.21. The molecule has 1 aliphatic rings. The Morgan fingerprint density at radius 2 is 2.20 bits per heavy atom. The van der Waals surface area contributed by atoms with E-state index >= 15 is 0 Å². The van der Waals surface area contributed by atoms with E-state index in [1.807, 2.05) is 6.07 Å². The van der Waals surface area contributed by atoms with E-state index in [2.05, 4.69) is 0 Å². The van der Waals surface area contributed by atoms with E-state index in [1.165, 1.54) is 0 Å². The Hall–Kier alpha value is -1.84. The van der Waals surface area contributed by atoms with Gasteiger partial charge in [-0.15, -0.1) is 0 Å². The number of carbonyl (C=O) groups is 2. The van der Waals surface area contributed by atoms with Gasteiger partial charge in [-0.1, -0.05) is 12.1 Å². The third-order valence-corrected chi connectivity index (χ3v) is 2.33. The molecule has 0 saturated heterocycles. The molecule has 0 fully saturated rings. The number of hydrogen-bond donors (Lipinski definition) is 1. The van der Waals surface area contributed by atoms with Crippen LogP contribution >= 0.6 is 0 Å². The van der Waals surface area contributed by atoms with Gasteiger partial charge in [-0.25, -0.2) is 0 Å². The molecule has 1 heterocycles. The number of ketones is 1. The number of Topliss-reactive ketones (excluding diaryl/α,β-unsaturated/α-hetero) is 1. The fraction of sp³-hybridized carbons (Fsp3) is 0.273. The van der Waals surface area contributed by atoms with Crippen molar-refractivity contribution in [1.82, 2.24) is 0 Å². The Labute approximate surface area is 86.5 Å². The van der Waals surface area contributed by atoms with Crippen molar-refractivity contribution in [3.05, 3.63) is 29.3 Å². The number of fused-ring (bicyclic) bond motifs is 1. The van der Waals surface area contributed by atoms with Crippen LogP contribution in [0, 0.1) is 0 Å². The monoisotopic (exact) mass is 206 g/mol.